The van der Waals surface area contributed by atoms with E-state index in [0.29, 0.717) is 12.6 Å². The van der Waals surface area contributed by atoms with Gasteiger partial charge in [0.1, 0.15) is 0 Å². The van der Waals surface area contributed by atoms with Crippen LogP contribution in [0.5, 0.6) is 0 Å². The summed E-state index contributed by atoms with van der Waals surface area (Å²) in [5, 5.41) is 10.6. The standard InChI is InChI=1S/C13H17N3O3.C13H19N3O/c1-10(17)15-8-7-13(9-15)14(2)11-3-5-12(6-4-11)16(18)19;1-10(17)16-8-7-13(9-16)15(2)12-5-3-11(14)4-6-12/h3-6,13H,7-9H2,1-2H3;3-6,13H,7-9,14H2,1-2H3/t2*13-/m00/s1. The third-order valence-electron chi connectivity index (χ3n) is 7.08. The zero-order valence-corrected chi connectivity index (χ0v) is 21.5. The molecule has 2 heterocycles. The number of non-ortho nitro benzene ring substituents is 1. The van der Waals surface area contributed by atoms with Crippen molar-refractivity contribution in [3.05, 3.63) is 58.6 Å². The molecule has 0 saturated carbocycles. The SMILES string of the molecule is CC(=O)N1CC[C@H](N(C)c2ccc(N)cc2)C1.CC(=O)N1CC[C@H](N(C)c2ccc([N+](=O)[O-])cc2)C1. The Morgan fingerprint density at radius 1 is 0.833 bits per heavy atom. The van der Waals surface area contributed by atoms with E-state index >= 15 is 0 Å². The fourth-order valence-electron chi connectivity index (χ4n) is 4.63. The minimum Gasteiger partial charge on any atom is -0.399 e. The van der Waals surface area contributed by atoms with Crippen molar-refractivity contribution in [3.63, 3.8) is 0 Å². The number of likely N-dealkylation sites (tertiary alicyclic amines) is 2. The molecule has 2 aliphatic rings. The number of hydrogen-bond acceptors (Lipinski definition) is 7. The Morgan fingerprint density at radius 3 is 1.56 bits per heavy atom. The van der Waals surface area contributed by atoms with Gasteiger partial charge in [0.2, 0.25) is 11.8 Å². The normalized spacial score (nSPS) is 18.9. The first kappa shape index (κ1) is 26.8. The third kappa shape index (κ3) is 6.65. The lowest BCUT2D eigenvalue weighted by molar-refractivity contribution is -0.384. The van der Waals surface area contributed by atoms with Gasteiger partial charge in [-0.05, 0) is 49.2 Å². The second-order valence-corrected chi connectivity index (χ2v) is 9.40. The number of carbonyl (C=O) groups excluding carboxylic acids is 2. The maximum absolute atomic E-state index is 11.3. The molecule has 0 aliphatic carbocycles. The summed E-state index contributed by atoms with van der Waals surface area (Å²) >= 11 is 0. The molecule has 10 nitrogen and oxygen atoms in total. The number of anilines is 3. The molecule has 36 heavy (non-hydrogen) atoms. The van der Waals surface area contributed by atoms with Gasteiger partial charge in [0.05, 0.1) is 4.92 Å². The number of nitrogen functional groups attached to an aromatic ring is 1. The highest BCUT2D eigenvalue weighted by atomic mass is 16.6. The lowest BCUT2D eigenvalue weighted by Gasteiger charge is -2.26. The Labute approximate surface area is 212 Å². The zero-order chi connectivity index (χ0) is 26.4. The monoisotopic (exact) mass is 496 g/mol. The summed E-state index contributed by atoms with van der Waals surface area (Å²) in [6, 6.07) is 15.0. The van der Waals surface area contributed by atoms with Crippen molar-refractivity contribution in [2.45, 2.75) is 38.8 Å². The third-order valence-corrected chi connectivity index (χ3v) is 7.08. The Kier molecular flexibility index (Phi) is 8.73. The first-order valence-electron chi connectivity index (χ1n) is 12.1. The Bertz CT molecular complexity index is 1060. The molecule has 0 aromatic heterocycles. The quantitative estimate of drug-likeness (QED) is 0.384. The number of rotatable bonds is 5. The van der Waals surface area contributed by atoms with Crippen molar-refractivity contribution < 1.29 is 14.5 Å². The van der Waals surface area contributed by atoms with Gasteiger partial charge in [0, 0.05) is 95.4 Å². The van der Waals surface area contributed by atoms with Gasteiger partial charge in [-0.2, -0.15) is 0 Å². The minimum atomic E-state index is -0.406. The number of carbonyl (C=O) groups is 2. The molecular weight excluding hydrogens is 460 g/mol. The van der Waals surface area contributed by atoms with Crippen LogP contribution in [0.3, 0.4) is 0 Å². The Balaban J connectivity index is 0.000000202. The van der Waals surface area contributed by atoms with E-state index in [4.69, 9.17) is 5.73 Å². The van der Waals surface area contributed by atoms with Crippen LogP contribution >= 0.6 is 0 Å². The molecule has 0 unspecified atom stereocenters. The molecule has 0 spiro atoms. The first-order valence-corrected chi connectivity index (χ1v) is 12.1. The van der Waals surface area contributed by atoms with E-state index in [1.54, 1.807) is 26.0 Å². The van der Waals surface area contributed by atoms with Crippen LogP contribution in [0.15, 0.2) is 48.5 Å². The van der Waals surface area contributed by atoms with Crippen LogP contribution < -0.4 is 15.5 Å². The smallest absolute Gasteiger partial charge is 0.269 e. The molecule has 2 N–H and O–H groups in total. The molecule has 2 saturated heterocycles. The number of nitrogens with zero attached hydrogens (tertiary/aromatic N) is 5. The predicted octanol–water partition coefficient (Wildman–Crippen LogP) is 2.98. The second-order valence-electron chi connectivity index (χ2n) is 9.40. The van der Waals surface area contributed by atoms with Gasteiger partial charge in [0.25, 0.3) is 5.69 Å². The number of hydrogen-bond donors (Lipinski definition) is 1. The lowest BCUT2D eigenvalue weighted by atomic mass is 10.2. The summed E-state index contributed by atoms with van der Waals surface area (Å²) in [5.41, 5.74) is 8.62. The van der Waals surface area contributed by atoms with Crippen molar-refractivity contribution in [1.82, 2.24) is 9.80 Å². The predicted molar refractivity (Wildman–Crippen MR) is 142 cm³/mol. The highest BCUT2D eigenvalue weighted by Crippen LogP contribution is 2.24. The van der Waals surface area contributed by atoms with Gasteiger partial charge in [-0.25, -0.2) is 0 Å². The average molecular weight is 497 g/mol. The first-order chi connectivity index (χ1) is 17.1. The summed E-state index contributed by atoms with van der Waals surface area (Å²) in [6.45, 7) is 6.37. The van der Waals surface area contributed by atoms with Crippen LogP contribution in [0, 0.1) is 10.1 Å². The van der Waals surface area contributed by atoms with Gasteiger partial charge >= 0.3 is 0 Å². The molecule has 2 aromatic carbocycles. The topological polar surface area (TPSA) is 116 Å². The molecule has 194 valence electrons. The molecule has 0 radical (unpaired) electrons. The number of nitrogens with two attached hydrogens (primary N) is 1. The lowest BCUT2D eigenvalue weighted by Crippen LogP contribution is -2.35. The van der Waals surface area contributed by atoms with E-state index in [1.807, 2.05) is 41.1 Å². The van der Waals surface area contributed by atoms with E-state index in [1.165, 1.54) is 12.1 Å². The van der Waals surface area contributed by atoms with E-state index < -0.39 is 4.92 Å². The fraction of sp³-hybridized carbons (Fsp3) is 0.462. The minimum absolute atomic E-state index is 0.0916. The number of nitro benzene ring substituents is 1. The summed E-state index contributed by atoms with van der Waals surface area (Å²) in [7, 11) is 4.02. The van der Waals surface area contributed by atoms with Gasteiger partial charge in [-0.3, -0.25) is 19.7 Å². The summed E-state index contributed by atoms with van der Waals surface area (Å²) in [5.74, 6) is 0.262. The molecule has 2 aliphatic heterocycles. The van der Waals surface area contributed by atoms with Crippen LogP contribution in [0.2, 0.25) is 0 Å². The van der Waals surface area contributed by atoms with Crippen molar-refractivity contribution in [2.75, 3.05) is 55.8 Å². The largest absolute Gasteiger partial charge is 0.399 e. The highest BCUT2D eigenvalue weighted by molar-refractivity contribution is 5.74. The Hall–Kier alpha value is -3.82. The molecule has 2 atom stereocenters. The Morgan fingerprint density at radius 2 is 1.22 bits per heavy atom. The summed E-state index contributed by atoms with van der Waals surface area (Å²) in [6.07, 6.45) is 1.95. The maximum atomic E-state index is 11.3. The van der Waals surface area contributed by atoms with Crippen LogP contribution in [-0.2, 0) is 9.59 Å². The highest BCUT2D eigenvalue weighted by Gasteiger charge is 2.28. The van der Waals surface area contributed by atoms with Crippen LogP contribution in [0.1, 0.15) is 26.7 Å². The molecule has 4 rings (SSSR count). The van der Waals surface area contributed by atoms with E-state index in [2.05, 4.69) is 16.8 Å². The average Bonchev–Trinajstić information content (AvgIpc) is 3.55. The van der Waals surface area contributed by atoms with Crippen LogP contribution in [0.4, 0.5) is 22.7 Å². The number of nitro groups is 1. The number of benzene rings is 2. The fourth-order valence-corrected chi connectivity index (χ4v) is 4.63. The molecule has 2 amide bonds. The van der Waals surface area contributed by atoms with Crippen molar-refractivity contribution >= 4 is 34.6 Å². The van der Waals surface area contributed by atoms with Crippen molar-refractivity contribution in [2.24, 2.45) is 0 Å². The van der Waals surface area contributed by atoms with Gasteiger partial charge in [0.15, 0.2) is 0 Å². The molecule has 10 heteroatoms. The summed E-state index contributed by atoms with van der Waals surface area (Å²) in [4.78, 5) is 40.8. The van der Waals surface area contributed by atoms with Crippen molar-refractivity contribution in [3.8, 4) is 0 Å². The van der Waals surface area contributed by atoms with Crippen LogP contribution in [-0.4, -0.2) is 78.9 Å². The molecule has 0 bridgehead atoms. The van der Waals surface area contributed by atoms with Gasteiger partial charge < -0.3 is 25.3 Å². The summed E-state index contributed by atoms with van der Waals surface area (Å²) < 4.78 is 0. The van der Waals surface area contributed by atoms with E-state index in [0.717, 1.165) is 49.5 Å². The van der Waals surface area contributed by atoms with Gasteiger partial charge in [-0.1, -0.05) is 0 Å². The molecular formula is C26H36N6O4. The number of likely N-dealkylation sites (N-methyl/N-ethyl adjacent to an activating group) is 2. The number of amides is 2. The van der Waals surface area contributed by atoms with Crippen LogP contribution in [0.25, 0.3) is 0 Å². The van der Waals surface area contributed by atoms with Crippen molar-refractivity contribution in [1.29, 1.82) is 0 Å². The van der Waals surface area contributed by atoms with E-state index in [-0.39, 0.29) is 23.5 Å². The second kappa shape index (κ2) is 11.7. The van der Waals surface area contributed by atoms with Gasteiger partial charge in [-0.15, -0.1) is 0 Å². The van der Waals surface area contributed by atoms with E-state index in [9.17, 15) is 19.7 Å². The maximum Gasteiger partial charge on any atom is 0.269 e. The zero-order valence-electron chi connectivity index (χ0n) is 21.5. The molecule has 2 aromatic rings. The molecule has 2 fully saturated rings.